The SMILES string of the molecule is Cc1[nH]nc2ncc(C(=O)N3CCC[C@H]3Cn3cc(C4CC4)nn3)cc12. The molecule has 0 unspecified atom stereocenters. The van der Waals surface area contributed by atoms with E-state index >= 15 is 0 Å². The van der Waals surface area contributed by atoms with Gasteiger partial charge in [0, 0.05) is 35.9 Å². The molecule has 8 heteroatoms. The highest BCUT2D eigenvalue weighted by molar-refractivity contribution is 5.97. The Morgan fingerprint density at radius 3 is 3.08 bits per heavy atom. The van der Waals surface area contributed by atoms with Gasteiger partial charge in [-0.1, -0.05) is 5.21 Å². The first kappa shape index (κ1) is 15.5. The lowest BCUT2D eigenvalue weighted by Gasteiger charge is -2.24. The van der Waals surface area contributed by atoms with E-state index in [2.05, 4.69) is 25.5 Å². The normalized spacial score (nSPS) is 20.2. The first-order valence-corrected chi connectivity index (χ1v) is 9.21. The van der Waals surface area contributed by atoms with Crippen molar-refractivity contribution in [2.24, 2.45) is 0 Å². The number of nitrogens with one attached hydrogen (secondary N) is 1. The molecule has 1 aliphatic carbocycles. The third-order valence-electron chi connectivity index (χ3n) is 5.43. The Kier molecular flexibility index (Phi) is 3.51. The summed E-state index contributed by atoms with van der Waals surface area (Å²) in [6, 6.07) is 2.04. The fourth-order valence-corrected chi connectivity index (χ4v) is 3.78. The van der Waals surface area contributed by atoms with Gasteiger partial charge in [0.25, 0.3) is 5.91 Å². The Hall–Kier alpha value is -2.77. The standard InChI is InChI=1S/C18H21N7O/c1-11-15-7-13(8-19-17(15)22-20-11)18(26)25-6-2-3-14(25)9-24-10-16(21-23-24)12-4-5-12/h7-8,10,12,14H,2-6,9H2,1H3,(H,19,20,22)/t14-/m0/s1. The van der Waals surface area contributed by atoms with E-state index < -0.39 is 0 Å². The molecule has 1 saturated heterocycles. The number of amides is 1. The average molecular weight is 351 g/mol. The number of aryl methyl sites for hydroxylation is 1. The molecule has 0 spiro atoms. The van der Waals surface area contributed by atoms with E-state index in [0.717, 1.165) is 36.2 Å². The smallest absolute Gasteiger partial charge is 0.255 e. The van der Waals surface area contributed by atoms with E-state index in [1.807, 2.05) is 28.8 Å². The summed E-state index contributed by atoms with van der Waals surface area (Å²) in [5.41, 5.74) is 3.28. The second-order valence-corrected chi connectivity index (χ2v) is 7.38. The maximum atomic E-state index is 13.1. The molecule has 26 heavy (non-hydrogen) atoms. The van der Waals surface area contributed by atoms with Gasteiger partial charge in [-0.05, 0) is 38.7 Å². The third-order valence-corrected chi connectivity index (χ3v) is 5.43. The zero-order chi connectivity index (χ0) is 17.7. The molecule has 1 atom stereocenters. The minimum absolute atomic E-state index is 0.0324. The van der Waals surface area contributed by atoms with Crippen LogP contribution in [0.25, 0.3) is 11.0 Å². The maximum Gasteiger partial charge on any atom is 0.255 e. The number of aromatic nitrogens is 6. The molecule has 3 aromatic heterocycles. The molecule has 1 aliphatic heterocycles. The molecule has 2 fully saturated rings. The summed E-state index contributed by atoms with van der Waals surface area (Å²) in [6.45, 7) is 3.41. The monoisotopic (exact) mass is 351 g/mol. The number of carbonyl (C=O) groups excluding carboxylic acids is 1. The molecule has 1 amide bonds. The summed E-state index contributed by atoms with van der Waals surface area (Å²) in [5.74, 6) is 0.631. The molecular formula is C18H21N7O. The van der Waals surface area contributed by atoms with Crippen molar-refractivity contribution in [2.45, 2.75) is 51.1 Å². The zero-order valence-corrected chi connectivity index (χ0v) is 14.7. The fraction of sp³-hybridized carbons (Fsp3) is 0.500. The largest absolute Gasteiger partial charge is 0.334 e. The van der Waals surface area contributed by atoms with Crippen LogP contribution in [0.15, 0.2) is 18.5 Å². The van der Waals surface area contributed by atoms with Gasteiger partial charge in [-0.15, -0.1) is 5.10 Å². The van der Waals surface area contributed by atoms with Crippen LogP contribution in [0.1, 0.15) is 53.3 Å². The van der Waals surface area contributed by atoms with Crippen molar-refractivity contribution in [1.29, 1.82) is 0 Å². The van der Waals surface area contributed by atoms with E-state index in [1.54, 1.807) is 6.20 Å². The van der Waals surface area contributed by atoms with E-state index in [9.17, 15) is 4.79 Å². The molecular weight excluding hydrogens is 330 g/mol. The number of hydrogen-bond acceptors (Lipinski definition) is 5. The predicted octanol–water partition coefficient (Wildman–Crippen LogP) is 2.04. The van der Waals surface area contributed by atoms with Gasteiger partial charge in [-0.2, -0.15) is 5.10 Å². The number of H-pyrrole nitrogens is 1. The summed E-state index contributed by atoms with van der Waals surface area (Å²) < 4.78 is 1.89. The van der Waals surface area contributed by atoms with Gasteiger partial charge in [-0.25, -0.2) is 4.98 Å². The van der Waals surface area contributed by atoms with Crippen LogP contribution in [0.3, 0.4) is 0 Å². The van der Waals surface area contributed by atoms with Gasteiger partial charge in [-0.3, -0.25) is 14.6 Å². The van der Waals surface area contributed by atoms with Gasteiger partial charge in [0.15, 0.2) is 5.65 Å². The second kappa shape index (κ2) is 5.89. The topological polar surface area (TPSA) is 92.6 Å². The van der Waals surface area contributed by atoms with Crippen LogP contribution in [0.5, 0.6) is 0 Å². The average Bonchev–Trinajstić information content (AvgIpc) is 3.05. The van der Waals surface area contributed by atoms with Gasteiger partial charge >= 0.3 is 0 Å². The highest BCUT2D eigenvalue weighted by Gasteiger charge is 2.31. The molecule has 1 N–H and O–H groups in total. The van der Waals surface area contributed by atoms with Crippen LogP contribution in [-0.4, -0.2) is 53.6 Å². The van der Waals surface area contributed by atoms with Crippen LogP contribution < -0.4 is 0 Å². The number of hydrogen-bond donors (Lipinski definition) is 1. The van der Waals surface area contributed by atoms with Gasteiger partial charge in [0.2, 0.25) is 0 Å². The van der Waals surface area contributed by atoms with Crippen LogP contribution >= 0.6 is 0 Å². The quantitative estimate of drug-likeness (QED) is 0.776. The van der Waals surface area contributed by atoms with Crippen molar-refractivity contribution in [3.63, 3.8) is 0 Å². The van der Waals surface area contributed by atoms with E-state index in [4.69, 9.17) is 0 Å². The van der Waals surface area contributed by atoms with Crippen molar-refractivity contribution in [3.8, 4) is 0 Å². The Balaban J connectivity index is 1.36. The molecule has 8 nitrogen and oxygen atoms in total. The first-order chi connectivity index (χ1) is 12.7. The lowest BCUT2D eigenvalue weighted by Crippen LogP contribution is -2.38. The van der Waals surface area contributed by atoms with E-state index in [0.29, 0.717) is 23.7 Å². The number of nitrogens with zero attached hydrogens (tertiary/aromatic N) is 6. The van der Waals surface area contributed by atoms with Crippen molar-refractivity contribution >= 4 is 16.9 Å². The lowest BCUT2D eigenvalue weighted by molar-refractivity contribution is 0.0721. The van der Waals surface area contributed by atoms with Crippen LogP contribution in [-0.2, 0) is 6.54 Å². The summed E-state index contributed by atoms with van der Waals surface area (Å²) in [5, 5.41) is 16.5. The number of aromatic amines is 1. The molecule has 0 bridgehead atoms. The van der Waals surface area contributed by atoms with Crippen LogP contribution in [0.2, 0.25) is 0 Å². The van der Waals surface area contributed by atoms with Crippen LogP contribution in [0, 0.1) is 6.92 Å². The number of fused-ring (bicyclic) bond motifs is 1. The Morgan fingerprint density at radius 1 is 1.35 bits per heavy atom. The number of pyridine rings is 1. The van der Waals surface area contributed by atoms with Crippen LogP contribution in [0.4, 0.5) is 0 Å². The minimum Gasteiger partial charge on any atom is -0.334 e. The van der Waals surface area contributed by atoms with Crippen molar-refractivity contribution in [3.05, 3.63) is 35.4 Å². The zero-order valence-electron chi connectivity index (χ0n) is 14.7. The van der Waals surface area contributed by atoms with Gasteiger partial charge < -0.3 is 4.90 Å². The first-order valence-electron chi connectivity index (χ1n) is 9.21. The van der Waals surface area contributed by atoms with E-state index in [1.165, 1.54) is 12.8 Å². The van der Waals surface area contributed by atoms with Crippen molar-refractivity contribution in [2.75, 3.05) is 6.54 Å². The number of carbonyl (C=O) groups is 1. The van der Waals surface area contributed by atoms with Crippen molar-refractivity contribution in [1.82, 2.24) is 35.1 Å². The second-order valence-electron chi connectivity index (χ2n) is 7.38. The Bertz CT molecular complexity index is 971. The van der Waals surface area contributed by atoms with Gasteiger partial charge in [0.1, 0.15) is 0 Å². The van der Waals surface area contributed by atoms with Crippen molar-refractivity contribution < 1.29 is 4.79 Å². The highest BCUT2D eigenvalue weighted by Crippen LogP contribution is 2.38. The maximum absolute atomic E-state index is 13.1. The van der Waals surface area contributed by atoms with Gasteiger partial charge in [0.05, 0.1) is 23.8 Å². The number of likely N-dealkylation sites (tertiary alicyclic amines) is 1. The molecule has 134 valence electrons. The fourth-order valence-electron chi connectivity index (χ4n) is 3.78. The molecule has 5 rings (SSSR count). The molecule has 3 aromatic rings. The third kappa shape index (κ3) is 2.65. The molecule has 2 aliphatic rings. The van der Waals surface area contributed by atoms with E-state index in [-0.39, 0.29) is 11.9 Å². The minimum atomic E-state index is 0.0324. The summed E-state index contributed by atoms with van der Waals surface area (Å²) in [4.78, 5) is 19.3. The predicted molar refractivity (Wildman–Crippen MR) is 94.7 cm³/mol. The molecule has 0 radical (unpaired) electrons. The highest BCUT2D eigenvalue weighted by atomic mass is 16.2. The summed E-state index contributed by atoms with van der Waals surface area (Å²) >= 11 is 0. The summed E-state index contributed by atoms with van der Waals surface area (Å²) in [6.07, 6.45) is 8.11. The number of rotatable bonds is 4. The Labute approximate surface area is 150 Å². The Morgan fingerprint density at radius 2 is 2.23 bits per heavy atom. The lowest BCUT2D eigenvalue weighted by atomic mass is 10.1. The molecule has 4 heterocycles. The molecule has 1 saturated carbocycles. The summed E-state index contributed by atoms with van der Waals surface area (Å²) in [7, 11) is 0. The molecule has 0 aromatic carbocycles.